The zero-order chi connectivity index (χ0) is 34.1. The molecule has 6 N–H and O–H groups in total. The van der Waals surface area contributed by atoms with E-state index in [0.717, 1.165) is 11.1 Å². The van der Waals surface area contributed by atoms with Crippen LogP contribution in [0.3, 0.4) is 0 Å². The largest absolute Gasteiger partial charge is 0.378 e. The van der Waals surface area contributed by atoms with Gasteiger partial charge in [-0.15, -0.1) is 0 Å². The van der Waals surface area contributed by atoms with Crippen molar-refractivity contribution < 1.29 is 27.5 Å². The van der Waals surface area contributed by atoms with E-state index in [2.05, 4.69) is 10.0 Å². The van der Waals surface area contributed by atoms with Crippen molar-refractivity contribution in [2.45, 2.75) is 70.1 Å². The van der Waals surface area contributed by atoms with Crippen LogP contribution >= 0.6 is 11.6 Å². The molecule has 258 valence electrons. The highest BCUT2D eigenvalue weighted by atomic mass is 35.5. The second-order valence-electron chi connectivity index (χ2n) is 12.5. The first kappa shape index (κ1) is 36.8. The SMILES string of the molecule is CC(NS(=O)(=O)Cc1ccccc1)C(CCC(=O)N1CCOCC1)C(C)C(=O)N1CC(N)CC1C(=O)NCc1cc(Cl)ccc1CN. The van der Waals surface area contributed by atoms with Crippen molar-refractivity contribution in [3.63, 3.8) is 0 Å². The van der Waals surface area contributed by atoms with Crippen LogP contribution in [0.15, 0.2) is 48.5 Å². The van der Waals surface area contributed by atoms with Crippen LogP contribution in [0.1, 0.15) is 49.8 Å². The van der Waals surface area contributed by atoms with Gasteiger partial charge in [-0.3, -0.25) is 14.4 Å². The van der Waals surface area contributed by atoms with Gasteiger partial charge in [-0.05, 0) is 54.5 Å². The number of amides is 3. The molecule has 0 spiro atoms. The summed E-state index contributed by atoms with van der Waals surface area (Å²) in [6.45, 7) is 5.99. The van der Waals surface area contributed by atoms with Gasteiger partial charge in [0.15, 0.2) is 0 Å². The minimum absolute atomic E-state index is 0.0735. The van der Waals surface area contributed by atoms with Crippen LogP contribution in [0.4, 0.5) is 0 Å². The molecule has 0 aliphatic carbocycles. The Hall–Kier alpha value is -3.07. The Morgan fingerprint density at radius 2 is 1.77 bits per heavy atom. The number of ether oxygens (including phenoxy) is 1. The fourth-order valence-corrected chi connectivity index (χ4v) is 8.11. The van der Waals surface area contributed by atoms with Crippen LogP contribution < -0.4 is 21.5 Å². The van der Waals surface area contributed by atoms with Gasteiger partial charge in [-0.25, -0.2) is 13.1 Å². The molecule has 2 fully saturated rings. The van der Waals surface area contributed by atoms with Crippen LogP contribution in [-0.4, -0.2) is 86.9 Å². The van der Waals surface area contributed by atoms with E-state index in [1.54, 1.807) is 55.1 Å². The average molecular weight is 691 g/mol. The number of hydrogen-bond donors (Lipinski definition) is 4. The minimum Gasteiger partial charge on any atom is -0.378 e. The first-order valence-electron chi connectivity index (χ1n) is 16.1. The summed E-state index contributed by atoms with van der Waals surface area (Å²) in [5.41, 5.74) is 14.4. The van der Waals surface area contributed by atoms with E-state index in [9.17, 15) is 22.8 Å². The van der Waals surface area contributed by atoms with Gasteiger partial charge in [-0.1, -0.05) is 54.9 Å². The molecule has 3 amide bonds. The standard InChI is InChI=1S/C33H47ClN6O6S/c1-22(33(43)40-20-28(36)17-30(40)32(42)37-19-26-16-27(34)9-8-25(26)18-35)29(10-11-31(41)39-12-14-46-15-13-39)23(2)38-47(44,45)21-24-6-4-3-5-7-24/h3-9,16,22-23,28-30,38H,10-15,17-21,35-36H2,1-2H3,(H,37,42). The highest BCUT2D eigenvalue weighted by Gasteiger charge is 2.42. The van der Waals surface area contributed by atoms with Crippen molar-refractivity contribution in [3.05, 3.63) is 70.2 Å². The van der Waals surface area contributed by atoms with Gasteiger partial charge < -0.3 is 31.3 Å². The third-order valence-electron chi connectivity index (χ3n) is 9.05. The van der Waals surface area contributed by atoms with Crippen LogP contribution in [0, 0.1) is 11.8 Å². The van der Waals surface area contributed by atoms with Crippen LogP contribution in [0.5, 0.6) is 0 Å². The Labute approximate surface area is 282 Å². The Balaban J connectivity index is 1.49. The first-order valence-corrected chi connectivity index (χ1v) is 18.1. The summed E-state index contributed by atoms with van der Waals surface area (Å²) in [4.78, 5) is 43.9. The number of nitrogens with zero attached hydrogens (tertiary/aromatic N) is 2. The Kier molecular flexibility index (Phi) is 13.2. The average Bonchev–Trinajstić information content (AvgIpc) is 3.45. The van der Waals surface area contributed by atoms with Crippen LogP contribution in [-0.2, 0) is 48.0 Å². The van der Waals surface area contributed by atoms with E-state index >= 15 is 0 Å². The molecule has 0 aromatic heterocycles. The van der Waals surface area contributed by atoms with Crippen molar-refractivity contribution >= 4 is 39.3 Å². The van der Waals surface area contributed by atoms with Crippen LogP contribution in [0.25, 0.3) is 0 Å². The van der Waals surface area contributed by atoms with E-state index < -0.39 is 40.0 Å². The zero-order valence-electron chi connectivity index (χ0n) is 27.1. The molecule has 2 aromatic rings. The van der Waals surface area contributed by atoms with Gasteiger partial charge in [0.2, 0.25) is 27.7 Å². The third kappa shape index (κ3) is 10.2. The Morgan fingerprint density at radius 3 is 2.45 bits per heavy atom. The molecule has 0 radical (unpaired) electrons. The lowest BCUT2D eigenvalue weighted by molar-refractivity contribution is -0.143. The number of carbonyl (C=O) groups is 3. The normalized spacial score (nSPS) is 20.4. The summed E-state index contributed by atoms with van der Waals surface area (Å²) >= 11 is 6.16. The molecule has 2 aromatic carbocycles. The van der Waals surface area contributed by atoms with Crippen molar-refractivity contribution in [1.29, 1.82) is 0 Å². The molecule has 0 bridgehead atoms. The fraction of sp³-hybridized carbons (Fsp3) is 0.545. The maximum Gasteiger partial charge on any atom is 0.243 e. The number of sulfonamides is 1. The van der Waals surface area contributed by atoms with Gasteiger partial charge in [0.25, 0.3) is 0 Å². The van der Waals surface area contributed by atoms with E-state index in [4.69, 9.17) is 27.8 Å². The lowest BCUT2D eigenvalue weighted by Gasteiger charge is -2.34. The van der Waals surface area contributed by atoms with E-state index in [-0.39, 0.29) is 62.4 Å². The molecular weight excluding hydrogens is 644 g/mol. The van der Waals surface area contributed by atoms with E-state index in [0.29, 0.717) is 36.9 Å². The van der Waals surface area contributed by atoms with E-state index in [1.165, 1.54) is 4.90 Å². The Bertz CT molecular complexity index is 1490. The maximum atomic E-state index is 14.1. The first-order chi connectivity index (χ1) is 22.4. The van der Waals surface area contributed by atoms with Crippen LogP contribution in [0.2, 0.25) is 5.02 Å². The number of nitrogens with one attached hydrogen (secondary N) is 2. The molecule has 2 saturated heterocycles. The topological polar surface area (TPSA) is 177 Å². The number of hydrogen-bond acceptors (Lipinski definition) is 8. The number of likely N-dealkylation sites (tertiary alicyclic amines) is 1. The summed E-state index contributed by atoms with van der Waals surface area (Å²) in [6, 6.07) is 12.2. The number of carbonyl (C=O) groups excluding carboxylic acids is 3. The number of halogens is 1. The van der Waals surface area contributed by atoms with Crippen molar-refractivity contribution in [1.82, 2.24) is 19.8 Å². The molecule has 5 unspecified atom stereocenters. The monoisotopic (exact) mass is 690 g/mol. The molecule has 14 heteroatoms. The maximum absolute atomic E-state index is 14.1. The number of benzene rings is 2. The lowest BCUT2D eigenvalue weighted by Crippen LogP contribution is -2.51. The number of rotatable bonds is 14. The predicted molar refractivity (Wildman–Crippen MR) is 180 cm³/mol. The third-order valence-corrected chi connectivity index (χ3v) is 10.7. The molecule has 2 heterocycles. The fourth-order valence-electron chi connectivity index (χ4n) is 6.46. The second-order valence-corrected chi connectivity index (χ2v) is 14.7. The molecule has 47 heavy (non-hydrogen) atoms. The van der Waals surface area contributed by atoms with Gasteiger partial charge in [0, 0.05) is 62.2 Å². The molecule has 2 aliphatic rings. The summed E-state index contributed by atoms with van der Waals surface area (Å²) < 4.78 is 34.5. The molecule has 0 saturated carbocycles. The number of morpholine rings is 1. The van der Waals surface area contributed by atoms with Crippen molar-refractivity contribution in [3.8, 4) is 0 Å². The molecule has 2 aliphatic heterocycles. The zero-order valence-corrected chi connectivity index (χ0v) is 28.6. The summed E-state index contributed by atoms with van der Waals surface area (Å²) in [5, 5.41) is 3.44. The minimum atomic E-state index is -3.78. The van der Waals surface area contributed by atoms with Gasteiger partial charge in [-0.2, -0.15) is 0 Å². The van der Waals surface area contributed by atoms with Gasteiger partial charge in [0.1, 0.15) is 6.04 Å². The molecule has 12 nitrogen and oxygen atoms in total. The molecular formula is C33H47ClN6O6S. The summed E-state index contributed by atoms with van der Waals surface area (Å²) in [7, 11) is -3.78. The highest BCUT2D eigenvalue weighted by Crippen LogP contribution is 2.29. The predicted octanol–water partition coefficient (Wildman–Crippen LogP) is 1.74. The smallest absolute Gasteiger partial charge is 0.243 e. The molecule has 5 atom stereocenters. The van der Waals surface area contributed by atoms with E-state index in [1.807, 2.05) is 12.1 Å². The van der Waals surface area contributed by atoms with Crippen molar-refractivity contribution in [2.75, 3.05) is 32.8 Å². The lowest BCUT2D eigenvalue weighted by atomic mass is 9.83. The second kappa shape index (κ2) is 16.8. The highest BCUT2D eigenvalue weighted by molar-refractivity contribution is 7.88. The molecule has 4 rings (SSSR count). The van der Waals surface area contributed by atoms with Crippen molar-refractivity contribution in [2.24, 2.45) is 23.3 Å². The van der Waals surface area contributed by atoms with Gasteiger partial charge in [0.05, 0.1) is 19.0 Å². The Morgan fingerprint density at radius 1 is 1.06 bits per heavy atom. The summed E-state index contributed by atoms with van der Waals surface area (Å²) in [5.74, 6) is -2.23. The number of nitrogens with two attached hydrogens (primary N) is 2. The summed E-state index contributed by atoms with van der Waals surface area (Å²) in [6.07, 6.45) is 0.689. The quantitative estimate of drug-likeness (QED) is 0.232. The van der Waals surface area contributed by atoms with Gasteiger partial charge >= 0.3 is 0 Å².